The number of benzene rings is 2. The van der Waals surface area contributed by atoms with E-state index in [-0.39, 0.29) is 30.3 Å². The van der Waals surface area contributed by atoms with Crippen LogP contribution < -0.4 is 25.3 Å². The average molecular weight is 434 g/mol. The minimum atomic E-state index is -0.577. The Morgan fingerprint density at radius 2 is 1.88 bits per heavy atom. The molecular weight excluding hydrogens is 412 g/mol. The van der Waals surface area contributed by atoms with Crippen molar-refractivity contribution in [2.75, 3.05) is 27.4 Å². The Balaban J connectivity index is 1.56. The summed E-state index contributed by atoms with van der Waals surface area (Å²) < 4.78 is 16.1. The Hall–Kier alpha value is -4.45. The highest BCUT2D eigenvalue weighted by Crippen LogP contribution is 2.32. The molecule has 0 spiro atoms. The van der Waals surface area contributed by atoms with Crippen LogP contribution in [-0.2, 0) is 0 Å². The zero-order valence-corrected chi connectivity index (χ0v) is 17.6. The second-order valence-corrected chi connectivity index (χ2v) is 6.42. The molecule has 2 amide bonds. The van der Waals surface area contributed by atoms with Gasteiger partial charge in [-0.25, -0.2) is 0 Å². The van der Waals surface area contributed by atoms with Crippen LogP contribution in [0.25, 0.3) is 11.3 Å². The summed E-state index contributed by atoms with van der Waals surface area (Å²) >= 11 is 0. The number of H-pyrrole nitrogens is 1. The molecule has 0 aliphatic rings. The molecule has 0 aliphatic heterocycles. The van der Waals surface area contributed by atoms with Crippen LogP contribution in [-0.4, -0.2) is 49.4 Å². The topological polar surface area (TPSA) is 129 Å². The van der Waals surface area contributed by atoms with Crippen molar-refractivity contribution in [3.8, 4) is 40.3 Å². The molecule has 0 radical (unpaired) electrons. The van der Waals surface area contributed by atoms with Gasteiger partial charge in [0.1, 0.15) is 29.5 Å². The summed E-state index contributed by atoms with van der Waals surface area (Å²) in [6.45, 7) is 0.153. The van der Waals surface area contributed by atoms with E-state index in [1.807, 2.05) is 0 Å². The van der Waals surface area contributed by atoms with Crippen molar-refractivity contribution in [1.82, 2.24) is 15.5 Å². The molecule has 2 aromatic carbocycles. The van der Waals surface area contributed by atoms with E-state index < -0.39 is 5.91 Å². The van der Waals surface area contributed by atoms with Crippen LogP contribution in [0.15, 0.2) is 48.5 Å². The maximum Gasteiger partial charge on any atom is 0.270 e. The number of hydrogen-bond acceptors (Lipinski definition) is 6. The molecule has 164 valence electrons. The van der Waals surface area contributed by atoms with E-state index in [1.54, 1.807) is 62.8 Å². The standard InChI is InChI=1S/C23H22N4O5/c1-30-15-9-10-20(31-2)17(13-15)18-14-19(27-26-18)23(29)25-11-5-6-12-32-21-8-4-3-7-16(21)22(24)28/h3-4,7-10,13-14H,11-12H2,1-2H3,(H2,24,28)(H,25,29)(H,26,27). The van der Waals surface area contributed by atoms with Crippen molar-refractivity contribution in [2.45, 2.75) is 0 Å². The maximum absolute atomic E-state index is 12.4. The number of aromatic nitrogens is 2. The monoisotopic (exact) mass is 434 g/mol. The summed E-state index contributed by atoms with van der Waals surface area (Å²) in [5, 5.41) is 9.57. The van der Waals surface area contributed by atoms with Crippen LogP contribution in [0.2, 0.25) is 0 Å². The number of nitrogens with one attached hydrogen (secondary N) is 2. The Kier molecular flexibility index (Phi) is 7.33. The lowest BCUT2D eigenvalue weighted by Crippen LogP contribution is -2.24. The van der Waals surface area contributed by atoms with E-state index in [0.29, 0.717) is 28.5 Å². The van der Waals surface area contributed by atoms with Gasteiger partial charge in [0.2, 0.25) is 0 Å². The fraction of sp³-hybridized carbons (Fsp3) is 0.174. The number of para-hydroxylation sites is 1. The van der Waals surface area contributed by atoms with Gasteiger partial charge in [-0.3, -0.25) is 14.7 Å². The van der Waals surface area contributed by atoms with Gasteiger partial charge < -0.3 is 25.3 Å². The zero-order chi connectivity index (χ0) is 22.9. The lowest BCUT2D eigenvalue weighted by molar-refractivity contribution is 0.0952. The number of ether oxygens (including phenoxy) is 3. The molecule has 0 saturated heterocycles. The maximum atomic E-state index is 12.4. The van der Waals surface area contributed by atoms with Gasteiger partial charge in [-0.15, -0.1) is 0 Å². The number of amides is 2. The van der Waals surface area contributed by atoms with Crippen LogP contribution in [0.5, 0.6) is 17.2 Å². The van der Waals surface area contributed by atoms with Gasteiger partial charge in [0.05, 0.1) is 32.0 Å². The Bertz CT molecular complexity index is 1180. The molecule has 3 aromatic rings. The minimum absolute atomic E-state index is 0.0456. The Labute approximate surface area is 184 Å². The van der Waals surface area contributed by atoms with E-state index >= 15 is 0 Å². The SMILES string of the molecule is COc1ccc(OC)c(-c2cc(C(=O)NCC#CCOc3ccccc3C(N)=O)[nH]n2)c1. The fourth-order valence-electron chi connectivity index (χ4n) is 2.83. The fourth-order valence-corrected chi connectivity index (χ4v) is 2.83. The third-order valence-corrected chi connectivity index (χ3v) is 4.42. The van der Waals surface area contributed by atoms with Gasteiger partial charge in [0.15, 0.2) is 0 Å². The van der Waals surface area contributed by atoms with Crippen molar-refractivity contribution in [3.63, 3.8) is 0 Å². The van der Waals surface area contributed by atoms with Gasteiger partial charge in [-0.1, -0.05) is 24.0 Å². The van der Waals surface area contributed by atoms with Crippen LogP contribution in [0, 0.1) is 11.8 Å². The smallest absolute Gasteiger partial charge is 0.270 e. The molecule has 3 rings (SSSR count). The third kappa shape index (κ3) is 5.37. The average Bonchev–Trinajstić information content (AvgIpc) is 3.31. The van der Waals surface area contributed by atoms with Crippen LogP contribution in [0.4, 0.5) is 0 Å². The molecule has 0 fully saturated rings. The molecule has 32 heavy (non-hydrogen) atoms. The molecule has 0 bridgehead atoms. The van der Waals surface area contributed by atoms with Gasteiger partial charge >= 0.3 is 0 Å². The van der Waals surface area contributed by atoms with Crippen molar-refractivity contribution in [2.24, 2.45) is 5.73 Å². The minimum Gasteiger partial charge on any atom is -0.497 e. The van der Waals surface area contributed by atoms with Crippen LogP contribution in [0.3, 0.4) is 0 Å². The summed E-state index contributed by atoms with van der Waals surface area (Å²) in [6, 6.07) is 13.6. The summed E-state index contributed by atoms with van der Waals surface area (Å²) in [5.41, 5.74) is 7.09. The summed E-state index contributed by atoms with van der Waals surface area (Å²) in [6.07, 6.45) is 0. The first kappa shape index (κ1) is 22.2. The number of nitrogens with two attached hydrogens (primary N) is 1. The summed E-state index contributed by atoms with van der Waals surface area (Å²) in [5.74, 6) is 6.22. The number of rotatable bonds is 8. The first-order valence-electron chi connectivity index (χ1n) is 9.57. The van der Waals surface area contributed by atoms with Crippen molar-refractivity contribution >= 4 is 11.8 Å². The molecule has 9 nitrogen and oxygen atoms in total. The van der Waals surface area contributed by atoms with E-state index in [4.69, 9.17) is 19.9 Å². The highest BCUT2D eigenvalue weighted by atomic mass is 16.5. The summed E-state index contributed by atoms with van der Waals surface area (Å²) in [7, 11) is 3.12. The number of hydrogen-bond donors (Lipinski definition) is 3. The number of aromatic amines is 1. The number of methoxy groups -OCH3 is 2. The predicted molar refractivity (Wildman–Crippen MR) is 118 cm³/mol. The molecule has 9 heteroatoms. The molecule has 0 atom stereocenters. The van der Waals surface area contributed by atoms with E-state index in [1.165, 1.54) is 0 Å². The lowest BCUT2D eigenvalue weighted by atomic mass is 10.1. The second-order valence-electron chi connectivity index (χ2n) is 6.42. The van der Waals surface area contributed by atoms with Gasteiger partial charge in [-0.05, 0) is 36.4 Å². The van der Waals surface area contributed by atoms with E-state index in [0.717, 1.165) is 0 Å². The highest BCUT2D eigenvalue weighted by Gasteiger charge is 2.14. The van der Waals surface area contributed by atoms with Crippen molar-refractivity contribution in [3.05, 3.63) is 59.8 Å². The molecular formula is C23H22N4O5. The first-order chi connectivity index (χ1) is 15.5. The molecule has 0 saturated carbocycles. The molecule has 0 unspecified atom stereocenters. The third-order valence-electron chi connectivity index (χ3n) is 4.42. The zero-order valence-electron chi connectivity index (χ0n) is 17.6. The normalized spacial score (nSPS) is 9.94. The predicted octanol–water partition coefficient (Wildman–Crippen LogP) is 2.00. The van der Waals surface area contributed by atoms with Crippen molar-refractivity contribution in [1.29, 1.82) is 0 Å². The van der Waals surface area contributed by atoms with Gasteiger partial charge in [0, 0.05) is 5.56 Å². The van der Waals surface area contributed by atoms with E-state index in [2.05, 4.69) is 27.4 Å². The van der Waals surface area contributed by atoms with Crippen LogP contribution >= 0.6 is 0 Å². The highest BCUT2D eigenvalue weighted by molar-refractivity contribution is 5.95. The second kappa shape index (κ2) is 10.5. The van der Waals surface area contributed by atoms with Crippen LogP contribution in [0.1, 0.15) is 20.8 Å². The molecule has 4 N–H and O–H groups in total. The number of carbonyl (C=O) groups excluding carboxylic acids is 2. The Morgan fingerprint density at radius 3 is 2.62 bits per heavy atom. The molecule has 0 aliphatic carbocycles. The Morgan fingerprint density at radius 1 is 1.06 bits per heavy atom. The first-order valence-corrected chi connectivity index (χ1v) is 9.57. The quantitative estimate of drug-likeness (QED) is 0.465. The largest absolute Gasteiger partial charge is 0.497 e. The number of primary amides is 1. The van der Waals surface area contributed by atoms with Gasteiger partial charge in [-0.2, -0.15) is 5.10 Å². The summed E-state index contributed by atoms with van der Waals surface area (Å²) in [4.78, 5) is 23.7. The number of carbonyl (C=O) groups is 2. The number of nitrogens with zero attached hydrogens (tertiary/aromatic N) is 1. The van der Waals surface area contributed by atoms with Crippen molar-refractivity contribution < 1.29 is 23.8 Å². The lowest BCUT2D eigenvalue weighted by Gasteiger charge is -2.08. The van der Waals surface area contributed by atoms with Gasteiger partial charge in [0.25, 0.3) is 11.8 Å². The van der Waals surface area contributed by atoms with E-state index in [9.17, 15) is 9.59 Å². The molecule has 1 heterocycles. The molecule has 1 aromatic heterocycles.